The molecule has 3 rings (SSSR count). The van der Waals surface area contributed by atoms with Crippen LogP contribution in [-0.4, -0.2) is 46.8 Å². The van der Waals surface area contributed by atoms with Gasteiger partial charge in [0.05, 0.1) is 12.1 Å². The maximum atomic E-state index is 13.8. The number of benzene rings is 1. The molecule has 0 spiro atoms. The number of rotatable bonds is 3. The SMILES string of the molecule is O=C(O)C1CN(Cc2ccc(F)c3cccnc23)CCO1. The summed E-state index contributed by atoms with van der Waals surface area (Å²) in [6.45, 7) is 1.88. The third-order valence-electron chi connectivity index (χ3n) is 3.62. The molecule has 1 fully saturated rings. The predicted octanol–water partition coefficient (Wildman–Crippen LogP) is 1.66. The van der Waals surface area contributed by atoms with Crippen LogP contribution in [0.25, 0.3) is 10.9 Å². The number of nitrogens with zero attached hydrogens (tertiary/aromatic N) is 2. The molecule has 110 valence electrons. The molecule has 1 aliphatic rings. The van der Waals surface area contributed by atoms with Crippen molar-refractivity contribution in [3.8, 4) is 0 Å². The van der Waals surface area contributed by atoms with E-state index in [2.05, 4.69) is 4.98 Å². The van der Waals surface area contributed by atoms with Gasteiger partial charge in [-0.05, 0) is 23.8 Å². The third kappa shape index (κ3) is 2.86. The topological polar surface area (TPSA) is 62.7 Å². The number of aromatic nitrogens is 1. The molecule has 0 amide bonds. The fourth-order valence-electron chi connectivity index (χ4n) is 2.56. The van der Waals surface area contributed by atoms with Crippen molar-refractivity contribution in [3.05, 3.63) is 41.8 Å². The maximum absolute atomic E-state index is 13.8. The Bertz CT molecular complexity index is 677. The Kier molecular flexibility index (Phi) is 3.81. The van der Waals surface area contributed by atoms with E-state index in [0.29, 0.717) is 37.1 Å². The fraction of sp³-hybridized carbons (Fsp3) is 0.333. The summed E-state index contributed by atoms with van der Waals surface area (Å²) in [6.07, 6.45) is 0.823. The van der Waals surface area contributed by atoms with Gasteiger partial charge in [-0.2, -0.15) is 0 Å². The summed E-state index contributed by atoms with van der Waals surface area (Å²) in [6, 6.07) is 6.52. The number of carbonyl (C=O) groups is 1. The molecule has 5 nitrogen and oxygen atoms in total. The fourth-order valence-corrected chi connectivity index (χ4v) is 2.56. The van der Waals surface area contributed by atoms with Crippen LogP contribution in [0, 0.1) is 5.82 Å². The highest BCUT2D eigenvalue weighted by Crippen LogP contribution is 2.21. The lowest BCUT2D eigenvalue weighted by molar-refractivity contribution is -0.156. The molecular weight excluding hydrogens is 275 g/mol. The summed E-state index contributed by atoms with van der Waals surface area (Å²) in [4.78, 5) is 17.2. The van der Waals surface area contributed by atoms with Crippen molar-refractivity contribution >= 4 is 16.9 Å². The highest BCUT2D eigenvalue weighted by molar-refractivity contribution is 5.82. The Balaban J connectivity index is 1.85. The van der Waals surface area contributed by atoms with Gasteiger partial charge in [-0.15, -0.1) is 0 Å². The predicted molar refractivity (Wildman–Crippen MR) is 74.4 cm³/mol. The van der Waals surface area contributed by atoms with Crippen LogP contribution in [0.4, 0.5) is 4.39 Å². The maximum Gasteiger partial charge on any atom is 0.334 e. The molecule has 0 radical (unpaired) electrons. The van der Waals surface area contributed by atoms with Crippen LogP contribution >= 0.6 is 0 Å². The first kappa shape index (κ1) is 13.9. The van der Waals surface area contributed by atoms with Gasteiger partial charge < -0.3 is 9.84 Å². The van der Waals surface area contributed by atoms with E-state index in [1.54, 1.807) is 24.4 Å². The van der Waals surface area contributed by atoms with Crippen LogP contribution < -0.4 is 0 Å². The zero-order chi connectivity index (χ0) is 14.8. The molecule has 1 aliphatic heterocycles. The van der Waals surface area contributed by atoms with E-state index in [1.807, 2.05) is 4.90 Å². The number of carboxylic acids is 1. The molecule has 2 heterocycles. The molecule has 6 heteroatoms. The molecule has 1 aromatic heterocycles. The first-order chi connectivity index (χ1) is 10.1. The van der Waals surface area contributed by atoms with Crippen molar-refractivity contribution in [2.24, 2.45) is 0 Å². The lowest BCUT2D eigenvalue weighted by atomic mass is 10.1. The number of pyridine rings is 1. The summed E-state index contributed by atoms with van der Waals surface area (Å²) in [5.41, 5.74) is 1.51. The number of halogens is 1. The summed E-state index contributed by atoms with van der Waals surface area (Å²) >= 11 is 0. The summed E-state index contributed by atoms with van der Waals surface area (Å²) < 4.78 is 19.0. The Morgan fingerprint density at radius 1 is 1.48 bits per heavy atom. The molecule has 1 N–H and O–H groups in total. The minimum Gasteiger partial charge on any atom is -0.479 e. The van der Waals surface area contributed by atoms with Crippen molar-refractivity contribution in [1.29, 1.82) is 0 Å². The average Bonchev–Trinajstić information content (AvgIpc) is 2.51. The minimum absolute atomic E-state index is 0.299. The number of morpholine rings is 1. The Labute approximate surface area is 121 Å². The number of carboxylic acid groups (broad SMARTS) is 1. The van der Waals surface area contributed by atoms with E-state index < -0.39 is 12.1 Å². The second-order valence-electron chi connectivity index (χ2n) is 5.04. The van der Waals surface area contributed by atoms with E-state index >= 15 is 0 Å². The van der Waals surface area contributed by atoms with Crippen LogP contribution in [0.1, 0.15) is 5.56 Å². The second-order valence-corrected chi connectivity index (χ2v) is 5.04. The van der Waals surface area contributed by atoms with Crippen LogP contribution in [0.2, 0.25) is 0 Å². The molecule has 2 aromatic rings. The molecule has 0 bridgehead atoms. The molecule has 21 heavy (non-hydrogen) atoms. The van der Waals surface area contributed by atoms with Crippen LogP contribution in [0.5, 0.6) is 0 Å². The van der Waals surface area contributed by atoms with Gasteiger partial charge in [-0.25, -0.2) is 9.18 Å². The van der Waals surface area contributed by atoms with Gasteiger partial charge in [0.2, 0.25) is 0 Å². The number of aliphatic carboxylic acids is 1. The van der Waals surface area contributed by atoms with E-state index in [9.17, 15) is 9.18 Å². The molecule has 0 saturated carbocycles. The number of hydrogen-bond donors (Lipinski definition) is 1. The molecule has 1 unspecified atom stereocenters. The quantitative estimate of drug-likeness (QED) is 0.931. The van der Waals surface area contributed by atoms with Crippen molar-refractivity contribution < 1.29 is 19.0 Å². The first-order valence-electron chi connectivity index (χ1n) is 6.74. The first-order valence-corrected chi connectivity index (χ1v) is 6.74. The van der Waals surface area contributed by atoms with E-state index in [0.717, 1.165) is 5.56 Å². The average molecular weight is 290 g/mol. The summed E-state index contributed by atoms with van der Waals surface area (Å²) in [5.74, 6) is -1.26. The lowest BCUT2D eigenvalue weighted by Crippen LogP contribution is -2.45. The zero-order valence-electron chi connectivity index (χ0n) is 11.3. The molecule has 1 atom stereocenters. The van der Waals surface area contributed by atoms with E-state index in [1.165, 1.54) is 6.07 Å². The highest BCUT2D eigenvalue weighted by Gasteiger charge is 2.26. The van der Waals surface area contributed by atoms with Gasteiger partial charge in [-0.1, -0.05) is 6.07 Å². The largest absolute Gasteiger partial charge is 0.479 e. The molecule has 0 aliphatic carbocycles. The van der Waals surface area contributed by atoms with Gasteiger partial charge in [0.1, 0.15) is 5.82 Å². The monoisotopic (exact) mass is 290 g/mol. The van der Waals surface area contributed by atoms with Gasteiger partial charge in [0, 0.05) is 31.2 Å². The number of hydrogen-bond acceptors (Lipinski definition) is 4. The summed E-state index contributed by atoms with van der Waals surface area (Å²) in [5, 5.41) is 9.50. The normalized spacial score (nSPS) is 19.8. The Morgan fingerprint density at radius 2 is 2.33 bits per heavy atom. The van der Waals surface area contributed by atoms with Crippen molar-refractivity contribution in [1.82, 2.24) is 9.88 Å². The molecule has 1 saturated heterocycles. The Hall–Kier alpha value is -2.05. The van der Waals surface area contributed by atoms with E-state index in [-0.39, 0.29) is 5.82 Å². The van der Waals surface area contributed by atoms with Crippen LogP contribution in [0.3, 0.4) is 0 Å². The van der Waals surface area contributed by atoms with Gasteiger partial charge in [-0.3, -0.25) is 9.88 Å². The van der Waals surface area contributed by atoms with E-state index in [4.69, 9.17) is 9.84 Å². The van der Waals surface area contributed by atoms with Crippen molar-refractivity contribution in [2.75, 3.05) is 19.7 Å². The Morgan fingerprint density at radius 3 is 3.14 bits per heavy atom. The molecule has 1 aromatic carbocycles. The van der Waals surface area contributed by atoms with Crippen molar-refractivity contribution in [2.45, 2.75) is 12.6 Å². The van der Waals surface area contributed by atoms with Gasteiger partial charge in [0.15, 0.2) is 6.10 Å². The zero-order valence-corrected chi connectivity index (χ0v) is 11.3. The second kappa shape index (κ2) is 5.75. The number of ether oxygens (including phenoxy) is 1. The standard InChI is InChI=1S/C15H15FN2O3/c16-12-4-3-10(14-11(12)2-1-5-17-14)8-18-6-7-21-13(9-18)15(19)20/h1-5,13H,6-9H2,(H,19,20). The van der Waals surface area contributed by atoms with Crippen LogP contribution in [0.15, 0.2) is 30.5 Å². The van der Waals surface area contributed by atoms with Crippen molar-refractivity contribution in [3.63, 3.8) is 0 Å². The minimum atomic E-state index is -0.957. The van der Waals surface area contributed by atoms with Gasteiger partial charge in [0.25, 0.3) is 0 Å². The highest BCUT2D eigenvalue weighted by atomic mass is 19.1. The summed E-state index contributed by atoms with van der Waals surface area (Å²) in [7, 11) is 0. The number of fused-ring (bicyclic) bond motifs is 1. The lowest BCUT2D eigenvalue weighted by Gasteiger charge is -2.30. The van der Waals surface area contributed by atoms with Gasteiger partial charge >= 0.3 is 5.97 Å². The van der Waals surface area contributed by atoms with Crippen LogP contribution in [-0.2, 0) is 16.1 Å². The smallest absolute Gasteiger partial charge is 0.334 e. The molecular formula is C15H15FN2O3. The third-order valence-corrected chi connectivity index (χ3v) is 3.62.